The normalized spacial score (nSPS) is 13.8. The Labute approximate surface area is 195 Å². The van der Waals surface area contributed by atoms with Crippen LogP contribution in [0.1, 0.15) is 18.8 Å². The van der Waals surface area contributed by atoms with Crippen LogP contribution in [0.25, 0.3) is 5.69 Å². The lowest BCUT2D eigenvalue weighted by molar-refractivity contribution is -0.113. The Morgan fingerprint density at radius 1 is 1.16 bits per heavy atom. The molecule has 8 nitrogen and oxygen atoms in total. The summed E-state index contributed by atoms with van der Waals surface area (Å²) in [6, 6.07) is 12.9. The monoisotopic (exact) mass is 473 g/mol. The van der Waals surface area contributed by atoms with Crippen molar-refractivity contribution in [3.63, 3.8) is 0 Å². The average molecular weight is 474 g/mol. The van der Waals surface area contributed by atoms with Crippen LogP contribution in [-0.2, 0) is 4.79 Å². The van der Waals surface area contributed by atoms with Crippen LogP contribution < -0.4 is 14.8 Å². The second-order valence-corrected chi connectivity index (χ2v) is 8.87. The summed E-state index contributed by atoms with van der Waals surface area (Å²) in [5, 5.41) is 12.9. The predicted octanol–water partition coefficient (Wildman–Crippen LogP) is 4.05. The van der Waals surface area contributed by atoms with Gasteiger partial charge in [0.1, 0.15) is 13.2 Å². The van der Waals surface area contributed by atoms with Crippen LogP contribution in [0.5, 0.6) is 11.5 Å². The Balaban J connectivity index is 1.50. The number of fused-ring (bicyclic) bond motifs is 1. The van der Waals surface area contributed by atoms with Crippen molar-refractivity contribution in [3.8, 4) is 17.2 Å². The van der Waals surface area contributed by atoms with Gasteiger partial charge in [-0.2, -0.15) is 0 Å². The molecule has 2 heterocycles. The molecule has 168 valence electrons. The van der Waals surface area contributed by atoms with Crippen LogP contribution in [0, 0.1) is 0 Å². The van der Waals surface area contributed by atoms with Gasteiger partial charge in [0.2, 0.25) is 5.91 Å². The van der Waals surface area contributed by atoms with Crippen molar-refractivity contribution >= 4 is 35.0 Å². The van der Waals surface area contributed by atoms with E-state index < -0.39 is 0 Å². The Bertz CT molecular complexity index is 1100. The molecule has 0 fully saturated rings. The third kappa shape index (κ3) is 5.01. The molecule has 1 aliphatic rings. The number of carbonyl (C=O) groups excluding carboxylic acids is 1. The molecule has 0 radical (unpaired) electrons. The van der Waals surface area contributed by atoms with E-state index in [2.05, 4.69) is 27.3 Å². The Morgan fingerprint density at radius 2 is 1.88 bits per heavy atom. The largest absolute Gasteiger partial charge is 0.486 e. The van der Waals surface area contributed by atoms with Gasteiger partial charge in [-0.25, -0.2) is 0 Å². The van der Waals surface area contributed by atoms with Gasteiger partial charge in [-0.15, -0.1) is 10.2 Å². The smallest absolute Gasteiger partial charge is 0.234 e. The fourth-order valence-electron chi connectivity index (χ4n) is 3.16. The van der Waals surface area contributed by atoms with E-state index >= 15 is 0 Å². The van der Waals surface area contributed by atoms with Gasteiger partial charge in [0.05, 0.1) is 11.8 Å². The quantitative estimate of drug-likeness (QED) is 0.518. The van der Waals surface area contributed by atoms with E-state index in [1.807, 2.05) is 42.9 Å². The highest BCUT2D eigenvalue weighted by Crippen LogP contribution is 2.33. The first-order valence-corrected chi connectivity index (χ1v) is 11.5. The highest BCUT2D eigenvalue weighted by molar-refractivity contribution is 7.99. The SMILES string of the molecule is C[C@@H](c1nnc(SCC(=O)Nc2ccc3c(c2)OCCO3)n1-c1ccc(Cl)cc1)N(C)C. The standard InChI is InChI=1S/C22H24ClN5O3S/c1-14(27(2)3)21-25-26-22(28(21)17-7-4-15(23)5-8-17)32-13-20(29)24-16-6-9-18-19(12-16)31-11-10-30-18/h4-9,12,14H,10-11,13H2,1-3H3,(H,24,29)/t14-/m0/s1. The summed E-state index contributed by atoms with van der Waals surface area (Å²) in [5.74, 6) is 2.12. The summed E-state index contributed by atoms with van der Waals surface area (Å²) >= 11 is 7.39. The number of amides is 1. The summed E-state index contributed by atoms with van der Waals surface area (Å²) in [7, 11) is 3.97. The summed E-state index contributed by atoms with van der Waals surface area (Å²) in [6.07, 6.45) is 0. The summed E-state index contributed by atoms with van der Waals surface area (Å²) in [6.45, 7) is 3.08. The number of anilines is 1. The van der Waals surface area contributed by atoms with Crippen LogP contribution in [0.2, 0.25) is 5.02 Å². The van der Waals surface area contributed by atoms with Crippen molar-refractivity contribution in [1.29, 1.82) is 0 Å². The van der Waals surface area contributed by atoms with E-state index in [9.17, 15) is 4.79 Å². The van der Waals surface area contributed by atoms with Crippen LogP contribution >= 0.6 is 23.4 Å². The molecule has 0 saturated carbocycles. The molecular formula is C22H24ClN5O3S. The minimum Gasteiger partial charge on any atom is -0.486 e. The molecule has 0 saturated heterocycles. The first kappa shape index (κ1) is 22.4. The van der Waals surface area contributed by atoms with Crippen LogP contribution in [-0.4, -0.2) is 58.6 Å². The Morgan fingerprint density at radius 3 is 2.59 bits per heavy atom. The highest BCUT2D eigenvalue weighted by Gasteiger charge is 2.22. The second-order valence-electron chi connectivity index (χ2n) is 7.49. The van der Waals surface area contributed by atoms with Gasteiger partial charge in [0.25, 0.3) is 0 Å². The Hall–Kier alpha value is -2.75. The van der Waals surface area contributed by atoms with Gasteiger partial charge >= 0.3 is 0 Å². The molecule has 1 amide bonds. The number of nitrogens with zero attached hydrogens (tertiary/aromatic N) is 4. The minimum absolute atomic E-state index is 0.0269. The molecule has 1 atom stereocenters. The molecule has 0 bridgehead atoms. The lowest BCUT2D eigenvalue weighted by Crippen LogP contribution is -2.21. The maximum atomic E-state index is 12.6. The van der Waals surface area contributed by atoms with Crippen molar-refractivity contribution in [2.24, 2.45) is 0 Å². The number of halogens is 1. The number of nitrogens with one attached hydrogen (secondary N) is 1. The molecule has 0 aliphatic carbocycles. The zero-order chi connectivity index (χ0) is 22.7. The van der Waals surface area contributed by atoms with Gasteiger partial charge in [-0.1, -0.05) is 23.4 Å². The maximum absolute atomic E-state index is 12.6. The van der Waals surface area contributed by atoms with Crippen molar-refractivity contribution in [1.82, 2.24) is 19.7 Å². The molecule has 1 aromatic heterocycles. The Kier molecular flexibility index (Phi) is 6.88. The van der Waals surface area contributed by atoms with Gasteiger partial charge in [-0.05, 0) is 57.4 Å². The first-order chi connectivity index (χ1) is 15.4. The van der Waals surface area contributed by atoms with Gasteiger partial charge < -0.3 is 14.8 Å². The van der Waals surface area contributed by atoms with E-state index in [0.29, 0.717) is 40.6 Å². The third-order valence-electron chi connectivity index (χ3n) is 5.05. The van der Waals surface area contributed by atoms with Crippen LogP contribution in [0.3, 0.4) is 0 Å². The molecular weight excluding hydrogens is 450 g/mol. The fraction of sp³-hybridized carbons (Fsp3) is 0.318. The summed E-state index contributed by atoms with van der Waals surface area (Å²) in [4.78, 5) is 14.7. The first-order valence-electron chi connectivity index (χ1n) is 10.1. The van der Waals surface area contributed by atoms with E-state index in [-0.39, 0.29) is 17.7 Å². The number of carbonyl (C=O) groups is 1. The van der Waals surface area contributed by atoms with Crippen LogP contribution in [0.4, 0.5) is 5.69 Å². The summed E-state index contributed by atoms with van der Waals surface area (Å²) in [5.41, 5.74) is 1.54. The number of hydrogen-bond acceptors (Lipinski definition) is 7. The molecule has 10 heteroatoms. The number of benzene rings is 2. The molecule has 0 spiro atoms. The van der Waals surface area contributed by atoms with Crippen molar-refractivity contribution < 1.29 is 14.3 Å². The lowest BCUT2D eigenvalue weighted by Gasteiger charge is -2.20. The zero-order valence-corrected chi connectivity index (χ0v) is 19.6. The fourth-order valence-corrected chi connectivity index (χ4v) is 4.04. The zero-order valence-electron chi connectivity index (χ0n) is 18.0. The molecule has 1 N–H and O–H groups in total. The maximum Gasteiger partial charge on any atom is 0.234 e. The highest BCUT2D eigenvalue weighted by atomic mass is 35.5. The lowest BCUT2D eigenvalue weighted by atomic mass is 10.2. The molecule has 2 aromatic carbocycles. The second kappa shape index (κ2) is 9.81. The van der Waals surface area contributed by atoms with E-state index in [1.165, 1.54) is 11.8 Å². The molecule has 0 unspecified atom stereocenters. The average Bonchev–Trinajstić information content (AvgIpc) is 3.21. The van der Waals surface area contributed by atoms with E-state index in [0.717, 1.165) is 11.5 Å². The molecule has 4 rings (SSSR count). The predicted molar refractivity (Wildman–Crippen MR) is 125 cm³/mol. The molecule has 3 aromatic rings. The van der Waals surface area contributed by atoms with Crippen LogP contribution in [0.15, 0.2) is 47.6 Å². The number of rotatable bonds is 7. The van der Waals surface area contributed by atoms with Gasteiger partial charge in [-0.3, -0.25) is 14.3 Å². The number of hydrogen-bond donors (Lipinski definition) is 1. The minimum atomic E-state index is -0.153. The van der Waals surface area contributed by atoms with E-state index in [1.54, 1.807) is 18.2 Å². The van der Waals surface area contributed by atoms with Crippen molar-refractivity contribution in [3.05, 3.63) is 53.3 Å². The van der Waals surface area contributed by atoms with Gasteiger partial charge in [0, 0.05) is 22.5 Å². The van der Waals surface area contributed by atoms with Gasteiger partial charge in [0.15, 0.2) is 22.5 Å². The van der Waals surface area contributed by atoms with E-state index in [4.69, 9.17) is 21.1 Å². The molecule has 32 heavy (non-hydrogen) atoms. The number of thioether (sulfide) groups is 1. The topological polar surface area (TPSA) is 81.5 Å². The number of ether oxygens (including phenoxy) is 2. The third-order valence-corrected chi connectivity index (χ3v) is 6.23. The van der Waals surface area contributed by atoms with Crippen molar-refractivity contribution in [2.75, 3.05) is 38.4 Å². The number of aromatic nitrogens is 3. The van der Waals surface area contributed by atoms with Crippen molar-refractivity contribution in [2.45, 2.75) is 18.1 Å². The molecule has 1 aliphatic heterocycles. The summed E-state index contributed by atoms with van der Waals surface area (Å²) < 4.78 is 13.1.